The number of aromatic nitrogens is 6. The maximum atomic E-state index is 10.7. The number of halogens is 2. The number of aliphatic hydroxyl groups excluding tert-OH is 1. The summed E-state index contributed by atoms with van der Waals surface area (Å²) < 4.78 is 13.6. The molecule has 9 nitrogen and oxygen atoms in total. The molecule has 0 bridgehead atoms. The summed E-state index contributed by atoms with van der Waals surface area (Å²) in [6, 6.07) is 10.2. The molecule has 0 saturated carbocycles. The number of rotatable bonds is 6. The van der Waals surface area contributed by atoms with Crippen molar-refractivity contribution in [1.29, 1.82) is 0 Å². The van der Waals surface area contributed by atoms with Crippen LogP contribution in [0, 0.1) is 0 Å². The summed E-state index contributed by atoms with van der Waals surface area (Å²) in [6.45, 7) is 0. The Morgan fingerprint density at radius 1 is 0.800 bits per heavy atom. The first-order valence-electron chi connectivity index (χ1n) is 8.70. The average molecular weight is 447 g/mol. The van der Waals surface area contributed by atoms with Crippen LogP contribution in [0.2, 0.25) is 10.0 Å². The lowest BCUT2D eigenvalue weighted by Crippen LogP contribution is -2.01. The van der Waals surface area contributed by atoms with E-state index in [-0.39, 0.29) is 11.4 Å². The minimum absolute atomic E-state index is 0.280. The summed E-state index contributed by atoms with van der Waals surface area (Å²) in [6.07, 6.45) is 1.98. The fourth-order valence-electron chi connectivity index (χ4n) is 2.88. The normalized spacial score (nSPS) is 11.1. The van der Waals surface area contributed by atoms with Crippen LogP contribution in [-0.2, 0) is 0 Å². The van der Waals surface area contributed by atoms with Gasteiger partial charge in [-0.1, -0.05) is 33.6 Å². The molecule has 0 amide bonds. The van der Waals surface area contributed by atoms with Crippen molar-refractivity contribution in [3.63, 3.8) is 0 Å². The molecule has 30 heavy (non-hydrogen) atoms. The van der Waals surface area contributed by atoms with Crippen molar-refractivity contribution in [3.8, 4) is 22.9 Å². The van der Waals surface area contributed by atoms with Gasteiger partial charge in [-0.2, -0.15) is 0 Å². The van der Waals surface area contributed by atoms with Crippen molar-refractivity contribution < 1.29 is 14.6 Å². The number of hydrogen-bond donors (Lipinski definition) is 1. The van der Waals surface area contributed by atoms with E-state index in [0.717, 1.165) is 0 Å². The molecule has 2 aromatic carbocycles. The lowest BCUT2D eigenvalue weighted by molar-refractivity contribution is 0.210. The zero-order valence-corrected chi connectivity index (χ0v) is 17.4. The smallest absolute Gasteiger partial charge is 0.145 e. The second-order valence-electron chi connectivity index (χ2n) is 6.21. The molecule has 2 aromatic heterocycles. The molecule has 0 aliphatic carbocycles. The first kappa shape index (κ1) is 20.1. The quantitative estimate of drug-likeness (QED) is 0.484. The molecule has 2 heterocycles. The second kappa shape index (κ2) is 8.31. The van der Waals surface area contributed by atoms with Crippen LogP contribution in [0.1, 0.15) is 17.5 Å². The van der Waals surface area contributed by atoms with E-state index in [9.17, 15) is 5.11 Å². The molecule has 0 unspecified atom stereocenters. The largest absolute Gasteiger partial charge is 0.494 e. The number of benzene rings is 2. The highest BCUT2D eigenvalue weighted by molar-refractivity contribution is 6.31. The Labute approximate surface area is 181 Å². The number of ether oxygens (including phenoxy) is 2. The van der Waals surface area contributed by atoms with Crippen LogP contribution in [0.15, 0.2) is 48.8 Å². The van der Waals surface area contributed by atoms with E-state index in [1.54, 1.807) is 63.0 Å². The Morgan fingerprint density at radius 2 is 1.23 bits per heavy atom. The molecule has 11 heteroatoms. The van der Waals surface area contributed by atoms with Crippen molar-refractivity contribution in [2.75, 3.05) is 14.2 Å². The molecule has 1 N–H and O–H groups in total. The minimum atomic E-state index is -1.15. The van der Waals surface area contributed by atoms with Gasteiger partial charge < -0.3 is 14.6 Å². The van der Waals surface area contributed by atoms with E-state index in [1.807, 2.05) is 0 Å². The van der Waals surface area contributed by atoms with Crippen LogP contribution in [0.5, 0.6) is 11.5 Å². The van der Waals surface area contributed by atoms with Gasteiger partial charge in [0.2, 0.25) is 0 Å². The molecule has 0 fully saturated rings. The van der Waals surface area contributed by atoms with E-state index >= 15 is 0 Å². The maximum absolute atomic E-state index is 10.7. The van der Waals surface area contributed by atoms with Crippen molar-refractivity contribution in [1.82, 2.24) is 30.0 Å². The van der Waals surface area contributed by atoms with Gasteiger partial charge in [0.25, 0.3) is 0 Å². The van der Waals surface area contributed by atoms with Gasteiger partial charge in [0.15, 0.2) is 0 Å². The predicted octanol–water partition coefficient (Wildman–Crippen LogP) is 3.25. The Morgan fingerprint density at radius 3 is 1.63 bits per heavy atom. The highest BCUT2D eigenvalue weighted by Gasteiger charge is 2.21. The van der Waals surface area contributed by atoms with Gasteiger partial charge in [-0.25, -0.2) is 9.36 Å². The maximum Gasteiger partial charge on any atom is 0.145 e. The van der Waals surface area contributed by atoms with Gasteiger partial charge in [0, 0.05) is 10.0 Å². The van der Waals surface area contributed by atoms with Gasteiger partial charge >= 0.3 is 0 Å². The SMILES string of the molecule is COc1ccc(Cl)cc1-n1cc(C(O)c2cn(-c3cc(Cl)ccc3OC)nn2)nn1. The fourth-order valence-corrected chi connectivity index (χ4v) is 3.21. The standard InChI is InChI=1S/C19H16Cl2N6O3/c1-29-17-5-3-11(20)7-15(17)26-9-13(22-24-26)19(28)14-10-27(25-23-14)16-8-12(21)4-6-18(16)30-2/h3-10,19,28H,1-2H3. The third-order valence-corrected chi connectivity index (χ3v) is 4.83. The van der Waals surface area contributed by atoms with E-state index in [0.29, 0.717) is 32.9 Å². The van der Waals surface area contributed by atoms with Crippen LogP contribution in [0.4, 0.5) is 0 Å². The van der Waals surface area contributed by atoms with Crippen LogP contribution < -0.4 is 9.47 Å². The Balaban J connectivity index is 1.64. The molecular formula is C19H16Cl2N6O3. The lowest BCUT2D eigenvalue weighted by atomic mass is 10.2. The molecule has 0 saturated heterocycles. The zero-order valence-electron chi connectivity index (χ0n) is 15.9. The third kappa shape index (κ3) is 3.82. The van der Waals surface area contributed by atoms with Crippen LogP contribution in [0.25, 0.3) is 11.4 Å². The summed E-state index contributed by atoms with van der Waals surface area (Å²) in [5, 5.41) is 28.0. The summed E-state index contributed by atoms with van der Waals surface area (Å²) >= 11 is 12.2. The summed E-state index contributed by atoms with van der Waals surface area (Å²) in [4.78, 5) is 0. The highest BCUT2D eigenvalue weighted by Crippen LogP contribution is 2.29. The Kier molecular flexibility index (Phi) is 5.58. The van der Waals surface area contributed by atoms with Crippen molar-refractivity contribution >= 4 is 23.2 Å². The van der Waals surface area contributed by atoms with Gasteiger partial charge in [0.05, 0.1) is 26.6 Å². The van der Waals surface area contributed by atoms with Gasteiger partial charge in [-0.15, -0.1) is 10.2 Å². The Hall–Kier alpha value is -3.14. The van der Waals surface area contributed by atoms with E-state index in [1.165, 1.54) is 9.36 Å². The summed E-state index contributed by atoms with van der Waals surface area (Å²) in [7, 11) is 3.09. The first-order valence-corrected chi connectivity index (χ1v) is 9.46. The second-order valence-corrected chi connectivity index (χ2v) is 7.08. The van der Waals surface area contributed by atoms with Crippen LogP contribution >= 0.6 is 23.2 Å². The third-order valence-electron chi connectivity index (χ3n) is 4.36. The molecule has 0 spiro atoms. The molecule has 0 atom stereocenters. The average Bonchev–Trinajstić information content (AvgIpc) is 3.43. The molecule has 0 aliphatic rings. The Bertz CT molecular complexity index is 1100. The van der Waals surface area contributed by atoms with Crippen molar-refractivity contribution in [2.45, 2.75) is 6.10 Å². The van der Waals surface area contributed by atoms with Gasteiger partial charge in [-0.3, -0.25) is 0 Å². The first-order chi connectivity index (χ1) is 14.5. The van der Waals surface area contributed by atoms with Crippen molar-refractivity contribution in [2.24, 2.45) is 0 Å². The van der Waals surface area contributed by atoms with Crippen LogP contribution in [0.3, 0.4) is 0 Å². The number of hydrogen-bond acceptors (Lipinski definition) is 7. The monoisotopic (exact) mass is 446 g/mol. The number of nitrogens with zero attached hydrogens (tertiary/aromatic N) is 6. The lowest BCUT2D eigenvalue weighted by Gasteiger charge is -2.08. The highest BCUT2D eigenvalue weighted by atomic mass is 35.5. The van der Waals surface area contributed by atoms with Crippen LogP contribution in [-0.4, -0.2) is 49.3 Å². The molecule has 154 valence electrons. The van der Waals surface area contributed by atoms with E-state index < -0.39 is 6.10 Å². The van der Waals surface area contributed by atoms with Gasteiger partial charge in [-0.05, 0) is 36.4 Å². The molecule has 0 radical (unpaired) electrons. The van der Waals surface area contributed by atoms with E-state index in [2.05, 4.69) is 20.6 Å². The zero-order chi connectivity index (χ0) is 21.3. The fraction of sp³-hybridized carbons (Fsp3) is 0.158. The summed E-state index contributed by atoms with van der Waals surface area (Å²) in [5.41, 5.74) is 1.73. The molecule has 4 aromatic rings. The van der Waals surface area contributed by atoms with Gasteiger partial charge in [0.1, 0.15) is 40.4 Å². The van der Waals surface area contributed by atoms with E-state index in [4.69, 9.17) is 32.7 Å². The van der Waals surface area contributed by atoms with Crippen molar-refractivity contribution in [3.05, 3.63) is 70.2 Å². The topological polar surface area (TPSA) is 100 Å². The molecule has 4 rings (SSSR count). The summed E-state index contributed by atoms with van der Waals surface area (Å²) in [5.74, 6) is 1.12. The predicted molar refractivity (Wildman–Crippen MR) is 110 cm³/mol. The number of methoxy groups -OCH3 is 2. The minimum Gasteiger partial charge on any atom is -0.494 e. The number of aliphatic hydroxyl groups is 1. The molecule has 0 aliphatic heterocycles. The molecular weight excluding hydrogens is 431 g/mol.